The third kappa shape index (κ3) is 1.89. The van der Waals surface area contributed by atoms with Crippen molar-refractivity contribution < 1.29 is 0 Å². The highest BCUT2D eigenvalue weighted by molar-refractivity contribution is 5.58. The molecule has 2 N–H and O–H groups in total. The second-order valence-electron chi connectivity index (χ2n) is 4.35. The van der Waals surface area contributed by atoms with Crippen molar-refractivity contribution in [1.82, 2.24) is 33.9 Å². The van der Waals surface area contributed by atoms with Gasteiger partial charge >= 0.3 is 0 Å². The van der Waals surface area contributed by atoms with Gasteiger partial charge in [-0.05, 0) is 12.1 Å². The van der Waals surface area contributed by atoms with E-state index in [4.69, 9.17) is 5.73 Å². The SMILES string of the molecule is Nc1nc(-c2cccc3nccn23)nc(-n2ccnc2)n1. The fourth-order valence-electron chi connectivity index (χ4n) is 2.12. The molecule has 0 aliphatic heterocycles. The number of hydrogen-bond acceptors (Lipinski definition) is 6. The lowest BCUT2D eigenvalue weighted by Crippen LogP contribution is -2.07. The van der Waals surface area contributed by atoms with Crippen molar-refractivity contribution in [1.29, 1.82) is 0 Å². The lowest BCUT2D eigenvalue weighted by molar-refractivity contribution is 0.901. The van der Waals surface area contributed by atoms with Gasteiger partial charge in [0.25, 0.3) is 0 Å². The Hall–Kier alpha value is -3.29. The van der Waals surface area contributed by atoms with Crippen molar-refractivity contribution in [2.75, 3.05) is 5.73 Å². The molecular weight excluding hydrogens is 268 g/mol. The average molecular weight is 278 g/mol. The first-order chi connectivity index (χ1) is 10.3. The number of nitrogens with two attached hydrogens (primary N) is 1. The van der Waals surface area contributed by atoms with Crippen molar-refractivity contribution in [3.8, 4) is 17.5 Å². The van der Waals surface area contributed by atoms with Crippen LogP contribution < -0.4 is 5.73 Å². The van der Waals surface area contributed by atoms with Crippen LogP contribution in [0.4, 0.5) is 5.95 Å². The van der Waals surface area contributed by atoms with Crippen LogP contribution in [0, 0.1) is 0 Å². The third-order valence-corrected chi connectivity index (χ3v) is 3.03. The standard InChI is InChI=1S/C13H10N8/c14-12-17-11(18-13(19-12)20-6-4-15-8-20)9-2-1-3-10-16-5-7-21(9)10/h1-8H,(H2,14,17,18,19). The van der Waals surface area contributed by atoms with Crippen LogP contribution >= 0.6 is 0 Å². The van der Waals surface area contributed by atoms with Gasteiger partial charge < -0.3 is 5.73 Å². The maximum atomic E-state index is 5.80. The smallest absolute Gasteiger partial charge is 0.240 e. The zero-order chi connectivity index (χ0) is 14.2. The van der Waals surface area contributed by atoms with Crippen LogP contribution in [0.25, 0.3) is 23.1 Å². The normalized spacial score (nSPS) is 11.0. The van der Waals surface area contributed by atoms with Gasteiger partial charge in [-0.1, -0.05) is 6.07 Å². The summed E-state index contributed by atoms with van der Waals surface area (Å²) >= 11 is 0. The topological polar surface area (TPSA) is 99.8 Å². The van der Waals surface area contributed by atoms with Gasteiger partial charge in [0.1, 0.15) is 12.0 Å². The quantitative estimate of drug-likeness (QED) is 0.586. The van der Waals surface area contributed by atoms with Crippen molar-refractivity contribution >= 4 is 11.6 Å². The molecule has 0 aliphatic rings. The second-order valence-corrected chi connectivity index (χ2v) is 4.35. The Morgan fingerprint density at radius 2 is 1.95 bits per heavy atom. The van der Waals surface area contributed by atoms with Crippen LogP contribution in [0.1, 0.15) is 0 Å². The van der Waals surface area contributed by atoms with Gasteiger partial charge in [-0.2, -0.15) is 15.0 Å². The van der Waals surface area contributed by atoms with E-state index < -0.39 is 0 Å². The molecule has 4 aromatic rings. The van der Waals surface area contributed by atoms with E-state index in [1.165, 1.54) is 0 Å². The van der Waals surface area contributed by atoms with Crippen molar-refractivity contribution in [2.24, 2.45) is 0 Å². The number of nitrogen functional groups attached to an aromatic ring is 1. The first-order valence-electron chi connectivity index (χ1n) is 6.23. The molecule has 8 heteroatoms. The summed E-state index contributed by atoms with van der Waals surface area (Å²) < 4.78 is 3.57. The summed E-state index contributed by atoms with van der Waals surface area (Å²) in [6.07, 6.45) is 8.57. The fraction of sp³-hybridized carbons (Fsp3) is 0. The van der Waals surface area contributed by atoms with E-state index >= 15 is 0 Å². The summed E-state index contributed by atoms with van der Waals surface area (Å²) in [6, 6.07) is 5.71. The number of imidazole rings is 2. The van der Waals surface area contributed by atoms with E-state index in [0.29, 0.717) is 11.8 Å². The van der Waals surface area contributed by atoms with Gasteiger partial charge in [0, 0.05) is 24.8 Å². The summed E-state index contributed by atoms with van der Waals surface area (Å²) in [4.78, 5) is 21.0. The second kappa shape index (κ2) is 4.37. The Labute approximate surface area is 119 Å². The summed E-state index contributed by atoms with van der Waals surface area (Å²) in [5.74, 6) is 1.06. The molecule has 0 atom stereocenters. The number of hydrogen-bond donors (Lipinski definition) is 1. The van der Waals surface area contributed by atoms with E-state index in [0.717, 1.165) is 11.3 Å². The van der Waals surface area contributed by atoms with E-state index in [1.807, 2.05) is 28.8 Å². The van der Waals surface area contributed by atoms with Crippen LogP contribution in [-0.2, 0) is 0 Å². The lowest BCUT2D eigenvalue weighted by atomic mass is 10.3. The van der Waals surface area contributed by atoms with Crippen LogP contribution in [0.15, 0.2) is 49.3 Å². The van der Waals surface area contributed by atoms with Crippen LogP contribution in [0.3, 0.4) is 0 Å². The zero-order valence-electron chi connectivity index (χ0n) is 10.8. The number of pyridine rings is 1. The van der Waals surface area contributed by atoms with Crippen molar-refractivity contribution in [3.05, 3.63) is 49.3 Å². The van der Waals surface area contributed by atoms with Crippen LogP contribution in [0.2, 0.25) is 0 Å². The highest BCUT2D eigenvalue weighted by Gasteiger charge is 2.11. The average Bonchev–Trinajstić information content (AvgIpc) is 3.17. The number of rotatable bonds is 2. The first-order valence-corrected chi connectivity index (χ1v) is 6.23. The molecule has 0 amide bonds. The van der Waals surface area contributed by atoms with Crippen molar-refractivity contribution in [3.63, 3.8) is 0 Å². The molecule has 0 spiro atoms. The number of aromatic nitrogens is 7. The Kier molecular flexibility index (Phi) is 2.40. The first kappa shape index (κ1) is 11.5. The minimum atomic E-state index is 0.154. The zero-order valence-corrected chi connectivity index (χ0v) is 10.8. The fourth-order valence-corrected chi connectivity index (χ4v) is 2.12. The highest BCUT2D eigenvalue weighted by atomic mass is 15.2. The minimum Gasteiger partial charge on any atom is -0.368 e. The molecule has 0 aliphatic carbocycles. The van der Waals surface area contributed by atoms with Crippen molar-refractivity contribution in [2.45, 2.75) is 0 Å². The Bertz CT molecular complexity index is 909. The molecule has 0 fully saturated rings. The monoisotopic (exact) mass is 278 g/mol. The molecule has 4 aromatic heterocycles. The molecule has 4 heterocycles. The molecule has 0 bridgehead atoms. The van der Waals surface area contributed by atoms with Gasteiger partial charge in [-0.3, -0.25) is 8.97 Å². The van der Waals surface area contributed by atoms with Crippen LogP contribution in [0.5, 0.6) is 0 Å². The van der Waals surface area contributed by atoms with E-state index in [1.54, 1.807) is 29.5 Å². The molecule has 0 unspecified atom stereocenters. The summed E-state index contributed by atoms with van der Waals surface area (Å²) in [6.45, 7) is 0. The summed E-state index contributed by atoms with van der Waals surface area (Å²) in [5.41, 5.74) is 7.41. The summed E-state index contributed by atoms with van der Waals surface area (Å²) in [5, 5.41) is 0. The molecule has 21 heavy (non-hydrogen) atoms. The maximum absolute atomic E-state index is 5.80. The highest BCUT2D eigenvalue weighted by Crippen LogP contribution is 2.18. The van der Waals surface area contributed by atoms with Gasteiger partial charge in [-0.15, -0.1) is 0 Å². The predicted octanol–water partition coefficient (Wildman–Crippen LogP) is 0.954. The van der Waals surface area contributed by atoms with E-state index in [2.05, 4.69) is 24.9 Å². The number of anilines is 1. The summed E-state index contributed by atoms with van der Waals surface area (Å²) in [7, 11) is 0. The Morgan fingerprint density at radius 1 is 1.00 bits per heavy atom. The molecule has 4 rings (SSSR count). The molecule has 0 saturated carbocycles. The molecular formula is C13H10N8. The van der Waals surface area contributed by atoms with Crippen LogP contribution in [-0.4, -0.2) is 33.9 Å². The maximum Gasteiger partial charge on any atom is 0.240 e. The lowest BCUT2D eigenvalue weighted by Gasteiger charge is -2.07. The molecule has 0 saturated heterocycles. The molecule has 102 valence electrons. The van der Waals surface area contributed by atoms with Gasteiger partial charge in [0.2, 0.25) is 11.9 Å². The largest absolute Gasteiger partial charge is 0.368 e. The third-order valence-electron chi connectivity index (χ3n) is 3.03. The Morgan fingerprint density at radius 3 is 2.81 bits per heavy atom. The van der Waals surface area contributed by atoms with E-state index in [-0.39, 0.29) is 5.95 Å². The minimum absolute atomic E-state index is 0.154. The van der Waals surface area contributed by atoms with Gasteiger partial charge in [0.05, 0.1) is 5.69 Å². The van der Waals surface area contributed by atoms with Gasteiger partial charge in [0.15, 0.2) is 5.82 Å². The number of nitrogens with zero attached hydrogens (tertiary/aromatic N) is 7. The molecule has 0 radical (unpaired) electrons. The number of fused-ring (bicyclic) bond motifs is 1. The molecule has 8 nitrogen and oxygen atoms in total. The Balaban J connectivity index is 1.95. The predicted molar refractivity (Wildman–Crippen MR) is 75.5 cm³/mol. The van der Waals surface area contributed by atoms with Gasteiger partial charge in [-0.25, -0.2) is 9.97 Å². The molecule has 0 aromatic carbocycles. The van der Waals surface area contributed by atoms with E-state index in [9.17, 15) is 0 Å².